The largest absolute Gasteiger partial charge is 0.271 e. The first-order valence-corrected chi connectivity index (χ1v) is 7.01. The smallest absolute Gasteiger partial charge is 0.0794 e. The summed E-state index contributed by atoms with van der Waals surface area (Å²) in [5.74, 6) is 7.33. The third-order valence-corrected chi connectivity index (χ3v) is 4.55. The van der Waals surface area contributed by atoms with Crippen LogP contribution in [0.1, 0.15) is 37.5 Å². The Morgan fingerprint density at radius 3 is 2.81 bits per heavy atom. The number of hydrogen-bond donors (Lipinski definition) is 2. The van der Waals surface area contributed by atoms with E-state index in [0.717, 1.165) is 18.3 Å². The summed E-state index contributed by atoms with van der Waals surface area (Å²) in [7, 11) is 0. The predicted octanol–water partition coefficient (Wildman–Crippen LogP) is 2.34. The van der Waals surface area contributed by atoms with Gasteiger partial charge < -0.3 is 0 Å². The van der Waals surface area contributed by atoms with Crippen LogP contribution in [0.25, 0.3) is 0 Å². The van der Waals surface area contributed by atoms with Crippen LogP contribution in [0, 0.1) is 11.8 Å². The fraction of sp³-hybridized carbons (Fsp3) is 0.750. The Kier molecular flexibility index (Phi) is 4.32. The molecule has 1 aliphatic rings. The Labute approximate surface area is 101 Å². The van der Waals surface area contributed by atoms with Crippen molar-refractivity contribution in [2.45, 2.75) is 45.1 Å². The van der Waals surface area contributed by atoms with E-state index in [-0.39, 0.29) is 0 Å². The predicted molar refractivity (Wildman–Crippen MR) is 68.1 cm³/mol. The zero-order valence-electron chi connectivity index (χ0n) is 9.86. The molecular formula is C12H21N3S. The van der Waals surface area contributed by atoms with Crippen LogP contribution in [0.2, 0.25) is 0 Å². The Balaban J connectivity index is 1.89. The van der Waals surface area contributed by atoms with Gasteiger partial charge in [0.05, 0.1) is 5.51 Å². The van der Waals surface area contributed by atoms with Crippen molar-refractivity contribution < 1.29 is 0 Å². The van der Waals surface area contributed by atoms with Crippen LogP contribution in [0.5, 0.6) is 0 Å². The van der Waals surface area contributed by atoms with Crippen LogP contribution in [-0.4, -0.2) is 11.0 Å². The summed E-state index contributed by atoms with van der Waals surface area (Å²) in [6.45, 7) is 2.35. The molecule has 1 aliphatic carbocycles. The minimum atomic E-state index is 0.424. The summed E-state index contributed by atoms with van der Waals surface area (Å²) in [6.07, 6.45) is 8.32. The monoisotopic (exact) mass is 239 g/mol. The van der Waals surface area contributed by atoms with Gasteiger partial charge in [0.1, 0.15) is 0 Å². The molecule has 1 saturated carbocycles. The van der Waals surface area contributed by atoms with E-state index in [1.807, 2.05) is 11.7 Å². The Hall–Kier alpha value is -0.450. The summed E-state index contributed by atoms with van der Waals surface area (Å²) >= 11 is 1.72. The fourth-order valence-corrected chi connectivity index (χ4v) is 3.26. The van der Waals surface area contributed by atoms with Gasteiger partial charge in [-0.15, -0.1) is 11.3 Å². The first kappa shape index (κ1) is 12.0. The molecule has 3 nitrogen and oxygen atoms in total. The highest BCUT2D eigenvalue weighted by atomic mass is 32.1. The van der Waals surface area contributed by atoms with Gasteiger partial charge in [-0.1, -0.05) is 19.8 Å². The fourth-order valence-electron chi connectivity index (χ4n) is 2.61. The van der Waals surface area contributed by atoms with Gasteiger partial charge in [-0.05, 0) is 24.7 Å². The minimum Gasteiger partial charge on any atom is -0.271 e. The van der Waals surface area contributed by atoms with E-state index in [4.69, 9.17) is 5.84 Å². The van der Waals surface area contributed by atoms with Gasteiger partial charge in [-0.2, -0.15) is 0 Å². The van der Waals surface area contributed by atoms with Crippen molar-refractivity contribution >= 4 is 11.3 Å². The molecule has 1 aromatic rings. The quantitative estimate of drug-likeness (QED) is 0.626. The molecule has 2 rings (SSSR count). The van der Waals surface area contributed by atoms with Gasteiger partial charge in [0.15, 0.2) is 0 Å². The normalized spacial score (nSPS) is 27.9. The van der Waals surface area contributed by atoms with Crippen molar-refractivity contribution in [1.82, 2.24) is 10.4 Å². The van der Waals surface area contributed by atoms with Gasteiger partial charge >= 0.3 is 0 Å². The Morgan fingerprint density at radius 2 is 2.25 bits per heavy atom. The number of rotatable bonds is 4. The molecule has 1 atom stereocenters. The lowest BCUT2D eigenvalue weighted by molar-refractivity contribution is 0.230. The Bertz CT molecular complexity index is 291. The van der Waals surface area contributed by atoms with Gasteiger partial charge in [0.25, 0.3) is 0 Å². The van der Waals surface area contributed by atoms with Crippen molar-refractivity contribution in [3.05, 3.63) is 16.6 Å². The number of nitrogens with two attached hydrogens (primary N) is 1. The number of thiazole rings is 1. The summed E-state index contributed by atoms with van der Waals surface area (Å²) in [6, 6.07) is 0.424. The number of hydrogen-bond acceptors (Lipinski definition) is 4. The molecule has 0 bridgehead atoms. The van der Waals surface area contributed by atoms with Gasteiger partial charge in [-0.3, -0.25) is 16.3 Å². The van der Waals surface area contributed by atoms with Gasteiger partial charge in [-0.25, -0.2) is 0 Å². The van der Waals surface area contributed by atoms with Crippen molar-refractivity contribution in [1.29, 1.82) is 0 Å². The molecule has 0 aromatic carbocycles. The van der Waals surface area contributed by atoms with E-state index in [1.54, 1.807) is 11.3 Å². The van der Waals surface area contributed by atoms with Gasteiger partial charge in [0, 0.05) is 23.5 Å². The van der Waals surface area contributed by atoms with E-state index < -0.39 is 0 Å². The zero-order valence-corrected chi connectivity index (χ0v) is 10.7. The molecule has 3 N–H and O–H groups in total. The SMILES string of the molecule is CC1CCC(C(Cc2cncs2)NN)CC1. The first-order chi connectivity index (χ1) is 7.79. The second-order valence-electron chi connectivity index (χ2n) is 4.96. The van der Waals surface area contributed by atoms with E-state index in [2.05, 4.69) is 17.3 Å². The lowest BCUT2D eigenvalue weighted by Crippen LogP contribution is -2.43. The highest BCUT2D eigenvalue weighted by Crippen LogP contribution is 2.31. The first-order valence-electron chi connectivity index (χ1n) is 6.13. The molecule has 1 fully saturated rings. The number of hydrazine groups is 1. The molecule has 90 valence electrons. The van der Waals surface area contributed by atoms with Crippen molar-refractivity contribution in [2.75, 3.05) is 0 Å². The van der Waals surface area contributed by atoms with Crippen LogP contribution in [0.4, 0.5) is 0 Å². The Morgan fingerprint density at radius 1 is 1.50 bits per heavy atom. The highest BCUT2D eigenvalue weighted by Gasteiger charge is 2.25. The summed E-state index contributed by atoms with van der Waals surface area (Å²) in [4.78, 5) is 5.45. The van der Waals surface area contributed by atoms with E-state index in [0.29, 0.717) is 6.04 Å². The molecule has 0 aliphatic heterocycles. The third-order valence-electron chi connectivity index (χ3n) is 3.75. The second kappa shape index (κ2) is 5.75. The molecule has 0 amide bonds. The molecule has 4 heteroatoms. The second-order valence-corrected chi connectivity index (χ2v) is 5.94. The lowest BCUT2D eigenvalue weighted by Gasteiger charge is -2.32. The van der Waals surface area contributed by atoms with Crippen LogP contribution < -0.4 is 11.3 Å². The number of nitrogens with one attached hydrogen (secondary N) is 1. The van der Waals surface area contributed by atoms with Crippen molar-refractivity contribution in [2.24, 2.45) is 17.7 Å². The van der Waals surface area contributed by atoms with E-state index in [9.17, 15) is 0 Å². The van der Waals surface area contributed by atoms with Crippen LogP contribution in [-0.2, 0) is 6.42 Å². The molecule has 1 aromatic heterocycles. The third kappa shape index (κ3) is 3.03. The molecule has 0 spiro atoms. The standard InChI is InChI=1S/C12H21N3S/c1-9-2-4-10(5-3-9)12(15-13)6-11-7-14-8-16-11/h7-10,12,15H,2-6,13H2,1H3. The van der Waals surface area contributed by atoms with Gasteiger partial charge in [0.2, 0.25) is 0 Å². The zero-order chi connectivity index (χ0) is 11.4. The maximum absolute atomic E-state index is 5.69. The van der Waals surface area contributed by atoms with Crippen LogP contribution in [0.3, 0.4) is 0 Å². The van der Waals surface area contributed by atoms with E-state index in [1.165, 1.54) is 30.6 Å². The molecule has 0 saturated heterocycles. The van der Waals surface area contributed by atoms with Crippen molar-refractivity contribution in [3.63, 3.8) is 0 Å². The highest BCUT2D eigenvalue weighted by molar-refractivity contribution is 7.09. The van der Waals surface area contributed by atoms with Crippen molar-refractivity contribution in [3.8, 4) is 0 Å². The average Bonchev–Trinajstić information content (AvgIpc) is 2.80. The summed E-state index contributed by atoms with van der Waals surface area (Å²) < 4.78 is 0. The number of nitrogens with zero attached hydrogens (tertiary/aromatic N) is 1. The van der Waals surface area contributed by atoms with Crippen LogP contribution >= 0.6 is 11.3 Å². The maximum Gasteiger partial charge on any atom is 0.0794 e. The molecule has 1 unspecified atom stereocenters. The molecule has 1 heterocycles. The summed E-state index contributed by atoms with van der Waals surface area (Å²) in [5, 5.41) is 0. The molecule has 16 heavy (non-hydrogen) atoms. The minimum absolute atomic E-state index is 0.424. The average molecular weight is 239 g/mol. The topological polar surface area (TPSA) is 50.9 Å². The van der Waals surface area contributed by atoms with E-state index >= 15 is 0 Å². The molecule has 0 radical (unpaired) electrons. The lowest BCUT2D eigenvalue weighted by atomic mass is 9.78. The number of aromatic nitrogens is 1. The molecular weight excluding hydrogens is 218 g/mol. The maximum atomic E-state index is 5.69. The van der Waals surface area contributed by atoms with Crippen LogP contribution in [0.15, 0.2) is 11.7 Å². The summed E-state index contributed by atoms with van der Waals surface area (Å²) in [5.41, 5.74) is 4.90.